The number of aliphatic hydroxyl groups excluding tert-OH is 9. The number of allylic oxidation sites excluding steroid dienone is 12. The first-order chi connectivity index (χ1) is 30.6. The summed E-state index contributed by atoms with van der Waals surface area (Å²) in [7, 11) is 0. The van der Waals surface area contributed by atoms with Gasteiger partial charge in [-0.05, 0) is 33.1 Å². The van der Waals surface area contributed by atoms with Gasteiger partial charge < -0.3 is 80.9 Å². The van der Waals surface area contributed by atoms with Crippen LogP contribution in [-0.2, 0) is 28.5 Å². The first-order valence-electron chi connectivity index (χ1n) is 22.3. The number of hydrogen-bond donors (Lipinski definition) is 12. The monoisotopic (exact) mass is 923 g/mol. The van der Waals surface area contributed by atoms with Crippen LogP contribution in [-0.4, -0.2) is 166 Å². The molecule has 2 saturated heterocycles. The van der Waals surface area contributed by atoms with Crippen LogP contribution in [0.3, 0.4) is 0 Å². The number of carbonyl (C=O) groups excluding carboxylic acids is 1. The van der Waals surface area contributed by atoms with Crippen LogP contribution in [0.5, 0.6) is 0 Å². The molecule has 65 heavy (non-hydrogen) atoms. The molecule has 18 heteroatoms. The summed E-state index contributed by atoms with van der Waals surface area (Å²) in [6, 6.07) is -1.15. The SMILES string of the molecule is CC1OC(O[C@H]2/C=C/C=C/C=C/C=C/C=C/C=C/C=C/[C@H](C)[C@@H](O)[C@@H](C)[C@H](C)OC(=O)CC(O)CC(O)CCC(O)C(O)CC(O)CC3(O)C[C@H](O)C(C(=O)O)C(C2)O3)C(O)[C@H](N)C1O. The molecule has 0 radical (unpaired) electrons. The minimum absolute atomic E-state index is 0.107. The molecule has 0 amide bonds. The quantitative estimate of drug-likeness (QED) is 0.174. The summed E-state index contributed by atoms with van der Waals surface area (Å²) in [5.41, 5.74) is 6.02. The fourth-order valence-corrected chi connectivity index (χ4v) is 7.97. The number of ether oxygens (including phenoxy) is 4. The van der Waals surface area contributed by atoms with Crippen LogP contribution in [0.1, 0.15) is 79.1 Å². The Morgan fingerprint density at radius 2 is 1.23 bits per heavy atom. The number of hydrogen-bond acceptors (Lipinski definition) is 17. The molecule has 368 valence electrons. The van der Waals surface area contributed by atoms with Gasteiger partial charge in [0.25, 0.3) is 0 Å². The van der Waals surface area contributed by atoms with E-state index in [1.54, 1.807) is 80.7 Å². The van der Waals surface area contributed by atoms with Gasteiger partial charge >= 0.3 is 11.9 Å². The van der Waals surface area contributed by atoms with Gasteiger partial charge in [0.05, 0.1) is 79.6 Å². The highest BCUT2D eigenvalue weighted by atomic mass is 16.7. The molecule has 18 nitrogen and oxygen atoms in total. The molecule has 2 bridgehead atoms. The van der Waals surface area contributed by atoms with E-state index in [1.165, 1.54) is 13.0 Å². The Bertz CT molecular complexity index is 1670. The summed E-state index contributed by atoms with van der Waals surface area (Å²) < 4.78 is 23.1. The lowest BCUT2D eigenvalue weighted by Crippen LogP contribution is -2.61. The van der Waals surface area contributed by atoms with E-state index in [0.717, 1.165) is 0 Å². The Kier molecular flexibility index (Phi) is 23.6. The van der Waals surface area contributed by atoms with Crippen molar-refractivity contribution in [3.63, 3.8) is 0 Å². The van der Waals surface area contributed by atoms with Crippen molar-refractivity contribution in [3.8, 4) is 0 Å². The Morgan fingerprint density at radius 3 is 1.82 bits per heavy atom. The summed E-state index contributed by atoms with van der Waals surface area (Å²) in [4.78, 5) is 25.1. The number of aliphatic hydroxyl groups is 10. The smallest absolute Gasteiger partial charge is 0.311 e. The topological polar surface area (TPSA) is 320 Å². The zero-order valence-corrected chi connectivity index (χ0v) is 37.6. The van der Waals surface area contributed by atoms with Gasteiger partial charge in [-0.1, -0.05) is 98.9 Å². The Balaban J connectivity index is 1.86. The minimum atomic E-state index is -2.33. The van der Waals surface area contributed by atoms with Crippen molar-refractivity contribution in [3.05, 3.63) is 85.1 Å². The second kappa shape index (κ2) is 27.4. The van der Waals surface area contributed by atoms with Crippen LogP contribution in [0.25, 0.3) is 0 Å². The van der Waals surface area contributed by atoms with E-state index in [2.05, 4.69) is 0 Å². The number of nitrogens with two attached hydrogens (primary N) is 1. The van der Waals surface area contributed by atoms with E-state index in [-0.39, 0.29) is 31.6 Å². The average molecular weight is 924 g/mol. The van der Waals surface area contributed by atoms with E-state index in [4.69, 9.17) is 24.7 Å². The molecule has 3 aliphatic heterocycles. The van der Waals surface area contributed by atoms with E-state index in [9.17, 15) is 65.8 Å². The van der Waals surface area contributed by atoms with Gasteiger partial charge in [-0.15, -0.1) is 0 Å². The average Bonchev–Trinajstić information content (AvgIpc) is 3.21. The second-order valence-electron chi connectivity index (χ2n) is 17.6. The zero-order valence-electron chi connectivity index (χ0n) is 37.6. The van der Waals surface area contributed by atoms with Gasteiger partial charge in [0.2, 0.25) is 0 Å². The van der Waals surface area contributed by atoms with Crippen LogP contribution >= 0.6 is 0 Å². The Morgan fingerprint density at radius 1 is 0.662 bits per heavy atom. The predicted octanol–water partition coefficient (Wildman–Crippen LogP) is 0.712. The molecule has 0 aromatic rings. The van der Waals surface area contributed by atoms with Gasteiger partial charge in [0.15, 0.2) is 12.1 Å². The highest BCUT2D eigenvalue weighted by Gasteiger charge is 2.51. The van der Waals surface area contributed by atoms with Gasteiger partial charge in [-0.2, -0.15) is 0 Å². The summed E-state index contributed by atoms with van der Waals surface area (Å²) >= 11 is 0. The number of carboxylic acid groups (broad SMARTS) is 1. The number of cyclic esters (lactones) is 1. The molecule has 0 spiro atoms. The largest absolute Gasteiger partial charge is 0.481 e. The summed E-state index contributed by atoms with van der Waals surface area (Å²) in [6.07, 6.45) is 3.46. The van der Waals surface area contributed by atoms with E-state index < -0.39 is 147 Å². The second-order valence-corrected chi connectivity index (χ2v) is 17.6. The summed E-state index contributed by atoms with van der Waals surface area (Å²) in [5.74, 6) is -6.83. The highest BCUT2D eigenvalue weighted by molar-refractivity contribution is 5.71. The molecule has 0 aliphatic carbocycles. The molecular weight excluding hydrogens is 851 g/mol. The molecule has 0 saturated carbocycles. The number of carboxylic acids is 1. The minimum Gasteiger partial charge on any atom is -0.481 e. The van der Waals surface area contributed by atoms with Gasteiger partial charge in [-0.3, -0.25) is 9.59 Å². The third-order valence-electron chi connectivity index (χ3n) is 12.0. The number of rotatable bonds is 3. The lowest BCUT2D eigenvalue weighted by molar-refractivity contribution is -0.308. The molecule has 3 aliphatic rings. The van der Waals surface area contributed by atoms with E-state index in [0.29, 0.717) is 0 Å². The zero-order chi connectivity index (χ0) is 48.4. The highest BCUT2D eigenvalue weighted by Crippen LogP contribution is 2.38. The van der Waals surface area contributed by atoms with Crippen LogP contribution in [0, 0.1) is 17.8 Å². The van der Waals surface area contributed by atoms with Gasteiger partial charge in [0, 0.05) is 37.5 Å². The van der Waals surface area contributed by atoms with E-state index in [1.807, 2.05) is 19.1 Å². The van der Waals surface area contributed by atoms with Crippen molar-refractivity contribution in [2.24, 2.45) is 23.5 Å². The van der Waals surface area contributed by atoms with Gasteiger partial charge in [-0.25, -0.2) is 0 Å². The molecule has 19 atom stereocenters. The van der Waals surface area contributed by atoms with Crippen molar-refractivity contribution in [2.75, 3.05) is 0 Å². The van der Waals surface area contributed by atoms with Crippen LogP contribution in [0.15, 0.2) is 85.1 Å². The maximum atomic E-state index is 12.6. The van der Waals surface area contributed by atoms with Crippen molar-refractivity contribution in [1.29, 1.82) is 0 Å². The Hall–Kier alpha value is -3.44. The first kappa shape index (κ1) is 55.9. The molecule has 3 rings (SSSR count). The standard InChI is InChI=1S/C47H73NO17/c1-27-17-15-13-11-9-7-5-6-8-10-12-14-16-18-34(64-46-44(58)41(48)43(57)30(4)63-46)24-38-40(45(59)60)37(54)26-47(61,65-38)25-33(51)22-36(53)35(52)20-19-31(49)21-32(50)23-39(55)62-29(3)28(2)42(27)56/h5-18,27-38,40-44,46,49-54,56-58,61H,19-26,48H2,1-4H3,(H,59,60)/b6-5+,9-7+,10-8+,13-11+,14-12+,17-15+,18-16+/t27-,28-,29-,30?,31?,32?,33?,34-,35?,36?,37-,38?,40?,41+,42+,43?,44?,46?,47?/m0/s1. The predicted molar refractivity (Wildman–Crippen MR) is 237 cm³/mol. The number of aliphatic carboxylic acids is 1. The molecule has 3 heterocycles. The molecule has 0 aromatic heterocycles. The maximum Gasteiger partial charge on any atom is 0.311 e. The molecule has 13 N–H and O–H groups in total. The first-order valence-corrected chi connectivity index (χ1v) is 22.3. The third kappa shape index (κ3) is 18.6. The fourth-order valence-electron chi connectivity index (χ4n) is 7.97. The number of esters is 1. The third-order valence-corrected chi connectivity index (χ3v) is 12.0. The fraction of sp³-hybridized carbons (Fsp3) is 0.660. The number of fused-ring (bicyclic) bond motifs is 2. The van der Waals surface area contributed by atoms with Crippen molar-refractivity contribution in [1.82, 2.24) is 0 Å². The molecule has 0 aromatic carbocycles. The Labute approximate surface area is 381 Å². The maximum absolute atomic E-state index is 12.6. The molecule has 2 fully saturated rings. The van der Waals surface area contributed by atoms with Gasteiger partial charge in [0.1, 0.15) is 18.1 Å². The number of carbonyl (C=O) groups is 2. The molecule has 12 unspecified atom stereocenters. The van der Waals surface area contributed by atoms with Crippen LogP contribution in [0.4, 0.5) is 0 Å². The van der Waals surface area contributed by atoms with Crippen LogP contribution in [0.2, 0.25) is 0 Å². The van der Waals surface area contributed by atoms with Crippen molar-refractivity contribution >= 4 is 11.9 Å². The molecular formula is C47H73NO17. The van der Waals surface area contributed by atoms with Crippen molar-refractivity contribution in [2.45, 2.75) is 177 Å². The summed E-state index contributed by atoms with van der Waals surface area (Å²) in [6.45, 7) is 6.74. The normalized spacial score (nSPS) is 45.5. The van der Waals surface area contributed by atoms with Crippen LogP contribution < -0.4 is 5.73 Å². The lowest BCUT2D eigenvalue weighted by Gasteiger charge is -2.45. The lowest BCUT2D eigenvalue weighted by atomic mass is 9.82. The summed E-state index contributed by atoms with van der Waals surface area (Å²) in [5, 5.41) is 118. The van der Waals surface area contributed by atoms with Crippen molar-refractivity contribution < 1.29 is 84.7 Å². The van der Waals surface area contributed by atoms with E-state index >= 15 is 0 Å².